The number of hydrogen-bond acceptors (Lipinski definition) is 1. The average molecular weight is 274 g/mol. The van der Waals surface area contributed by atoms with Crippen LogP contribution in [0, 0.1) is 0 Å². The monoisotopic (exact) mass is 273 g/mol. The summed E-state index contributed by atoms with van der Waals surface area (Å²) in [5.41, 5.74) is 5.17. The Balaban J connectivity index is 0.00000225. The molecule has 0 unspecified atom stereocenters. The van der Waals surface area contributed by atoms with E-state index in [1.165, 1.54) is 12.1 Å². The molecule has 0 aliphatic rings. The number of alkyl halides is 3. The highest BCUT2D eigenvalue weighted by atomic mass is 35.5. The number of nitrogens with two attached hydrogens (primary N) is 1. The largest absolute Gasteiger partial charge is 0.417 e. The fraction of sp³-hybridized carbons (Fsp3) is 0.400. The van der Waals surface area contributed by atoms with Gasteiger partial charge in [-0.25, -0.2) is 0 Å². The molecule has 0 saturated heterocycles. The summed E-state index contributed by atoms with van der Waals surface area (Å²) >= 11 is 5.67. The second kappa shape index (κ2) is 5.75. The first-order valence-electron chi connectivity index (χ1n) is 4.49. The predicted molar refractivity (Wildman–Crippen MR) is 60.9 cm³/mol. The highest BCUT2D eigenvalue weighted by Crippen LogP contribution is 2.37. The summed E-state index contributed by atoms with van der Waals surface area (Å²) in [4.78, 5) is 0. The van der Waals surface area contributed by atoms with Crippen LogP contribution < -0.4 is 5.73 Å². The first-order chi connectivity index (χ1) is 6.88. The molecule has 1 aromatic rings. The lowest BCUT2D eigenvalue weighted by Crippen LogP contribution is -2.13. The summed E-state index contributed by atoms with van der Waals surface area (Å²) < 4.78 is 37.4. The third-order valence-electron chi connectivity index (χ3n) is 2.17. The van der Waals surface area contributed by atoms with E-state index in [-0.39, 0.29) is 17.4 Å². The van der Waals surface area contributed by atoms with Gasteiger partial charge in [-0.15, -0.1) is 12.4 Å². The Bertz CT molecular complexity index is 352. The van der Waals surface area contributed by atoms with E-state index in [0.717, 1.165) is 6.07 Å². The maximum atomic E-state index is 12.5. The average Bonchev–Trinajstić information content (AvgIpc) is 2.15. The molecule has 1 nitrogen and oxygen atoms in total. The van der Waals surface area contributed by atoms with Crippen LogP contribution in [0.1, 0.15) is 30.5 Å². The van der Waals surface area contributed by atoms with Crippen molar-refractivity contribution in [2.75, 3.05) is 0 Å². The van der Waals surface area contributed by atoms with E-state index in [4.69, 9.17) is 17.3 Å². The minimum absolute atomic E-state index is 0. The molecule has 0 radical (unpaired) electrons. The topological polar surface area (TPSA) is 26.0 Å². The van der Waals surface area contributed by atoms with Crippen molar-refractivity contribution in [1.82, 2.24) is 0 Å². The normalized spacial score (nSPS) is 13.1. The summed E-state index contributed by atoms with van der Waals surface area (Å²) in [5.74, 6) is 0. The zero-order valence-electron chi connectivity index (χ0n) is 8.51. The van der Waals surface area contributed by atoms with Crippen molar-refractivity contribution in [3.63, 3.8) is 0 Å². The molecule has 0 aliphatic carbocycles. The van der Waals surface area contributed by atoms with Gasteiger partial charge in [-0.3, -0.25) is 0 Å². The molecular weight excluding hydrogens is 262 g/mol. The van der Waals surface area contributed by atoms with Gasteiger partial charge in [-0.05, 0) is 18.1 Å². The molecule has 0 heterocycles. The van der Waals surface area contributed by atoms with Gasteiger partial charge in [0.25, 0.3) is 0 Å². The summed E-state index contributed by atoms with van der Waals surface area (Å²) in [7, 11) is 0. The van der Waals surface area contributed by atoms with E-state index >= 15 is 0 Å². The Morgan fingerprint density at radius 3 is 2.38 bits per heavy atom. The van der Waals surface area contributed by atoms with E-state index in [0.29, 0.717) is 12.0 Å². The Morgan fingerprint density at radius 1 is 1.38 bits per heavy atom. The van der Waals surface area contributed by atoms with Crippen molar-refractivity contribution in [3.05, 3.63) is 34.3 Å². The van der Waals surface area contributed by atoms with Gasteiger partial charge in [-0.1, -0.05) is 30.7 Å². The molecule has 0 fully saturated rings. The molecule has 16 heavy (non-hydrogen) atoms. The number of benzene rings is 1. The highest BCUT2D eigenvalue weighted by Gasteiger charge is 2.34. The van der Waals surface area contributed by atoms with Crippen LogP contribution >= 0.6 is 24.0 Å². The fourth-order valence-corrected chi connectivity index (χ4v) is 1.65. The molecule has 0 aromatic heterocycles. The maximum absolute atomic E-state index is 12.5. The summed E-state index contributed by atoms with van der Waals surface area (Å²) in [5, 5.41) is -0.292. The molecule has 0 aliphatic heterocycles. The van der Waals surface area contributed by atoms with Gasteiger partial charge in [0.1, 0.15) is 0 Å². The molecule has 92 valence electrons. The van der Waals surface area contributed by atoms with Crippen LogP contribution in [0.2, 0.25) is 5.02 Å². The smallest absolute Gasteiger partial charge is 0.324 e. The molecule has 0 saturated carbocycles. The second-order valence-electron chi connectivity index (χ2n) is 3.22. The summed E-state index contributed by atoms with van der Waals surface area (Å²) in [6, 6.07) is 3.33. The lowest BCUT2D eigenvalue weighted by Gasteiger charge is -2.15. The molecule has 1 aromatic carbocycles. The molecule has 1 rings (SSSR count). The number of rotatable bonds is 2. The Labute approximate surface area is 103 Å². The molecule has 6 heteroatoms. The SMILES string of the molecule is CC[C@@H](N)c1cccc(C(F)(F)F)c1Cl.Cl. The van der Waals surface area contributed by atoms with Gasteiger partial charge >= 0.3 is 6.18 Å². The lowest BCUT2D eigenvalue weighted by atomic mass is 10.0. The quantitative estimate of drug-likeness (QED) is 0.859. The van der Waals surface area contributed by atoms with Crippen LogP contribution in [0.3, 0.4) is 0 Å². The minimum Gasteiger partial charge on any atom is -0.324 e. The first kappa shape index (κ1) is 15.5. The Kier molecular flexibility index (Phi) is 5.59. The van der Waals surface area contributed by atoms with Gasteiger partial charge in [0.15, 0.2) is 0 Å². The van der Waals surface area contributed by atoms with E-state index in [1.54, 1.807) is 6.92 Å². The zero-order chi connectivity index (χ0) is 11.6. The third-order valence-corrected chi connectivity index (χ3v) is 2.60. The summed E-state index contributed by atoms with van der Waals surface area (Å²) in [6.45, 7) is 1.79. The van der Waals surface area contributed by atoms with Crippen LogP contribution in [0.4, 0.5) is 13.2 Å². The van der Waals surface area contributed by atoms with Crippen LogP contribution in [0.15, 0.2) is 18.2 Å². The van der Waals surface area contributed by atoms with Crippen LogP contribution in [-0.2, 0) is 6.18 Å². The van der Waals surface area contributed by atoms with E-state index in [1.807, 2.05) is 0 Å². The van der Waals surface area contributed by atoms with Crippen LogP contribution in [0.25, 0.3) is 0 Å². The van der Waals surface area contributed by atoms with E-state index in [2.05, 4.69) is 0 Å². The van der Waals surface area contributed by atoms with Crippen molar-refractivity contribution < 1.29 is 13.2 Å². The van der Waals surface area contributed by atoms with Gasteiger partial charge < -0.3 is 5.73 Å². The van der Waals surface area contributed by atoms with Crippen LogP contribution in [0.5, 0.6) is 0 Å². The second-order valence-corrected chi connectivity index (χ2v) is 3.60. The van der Waals surface area contributed by atoms with Crippen LogP contribution in [-0.4, -0.2) is 0 Å². The molecule has 0 spiro atoms. The van der Waals surface area contributed by atoms with Crippen molar-refractivity contribution in [3.8, 4) is 0 Å². The lowest BCUT2D eigenvalue weighted by molar-refractivity contribution is -0.137. The highest BCUT2D eigenvalue weighted by molar-refractivity contribution is 6.32. The first-order valence-corrected chi connectivity index (χ1v) is 4.87. The molecule has 0 bridgehead atoms. The minimum atomic E-state index is -4.43. The number of halogens is 5. The van der Waals surface area contributed by atoms with E-state index in [9.17, 15) is 13.2 Å². The number of hydrogen-bond donors (Lipinski definition) is 1. The van der Waals surface area contributed by atoms with Crippen molar-refractivity contribution in [2.24, 2.45) is 5.73 Å². The van der Waals surface area contributed by atoms with Gasteiger partial charge in [-0.2, -0.15) is 13.2 Å². The third kappa shape index (κ3) is 3.27. The Hall–Kier alpha value is -0.450. The van der Waals surface area contributed by atoms with Crippen molar-refractivity contribution in [2.45, 2.75) is 25.6 Å². The van der Waals surface area contributed by atoms with Crippen molar-refractivity contribution in [1.29, 1.82) is 0 Å². The van der Waals surface area contributed by atoms with Gasteiger partial charge in [0, 0.05) is 6.04 Å². The molecule has 2 N–H and O–H groups in total. The molecule has 1 atom stereocenters. The molecular formula is C10H12Cl2F3N. The van der Waals surface area contributed by atoms with Crippen molar-refractivity contribution >= 4 is 24.0 Å². The van der Waals surface area contributed by atoms with Gasteiger partial charge in [0.2, 0.25) is 0 Å². The summed E-state index contributed by atoms with van der Waals surface area (Å²) in [6.07, 6.45) is -3.89. The van der Waals surface area contributed by atoms with Gasteiger partial charge in [0.05, 0.1) is 10.6 Å². The Morgan fingerprint density at radius 2 is 1.94 bits per heavy atom. The zero-order valence-corrected chi connectivity index (χ0v) is 10.1. The maximum Gasteiger partial charge on any atom is 0.417 e. The fourth-order valence-electron chi connectivity index (χ4n) is 1.28. The molecule has 0 amide bonds. The predicted octanol–water partition coefficient (Wildman–Crippen LogP) is 4.19. The van der Waals surface area contributed by atoms with E-state index < -0.39 is 17.8 Å². The standard InChI is InChI=1S/C10H11ClF3N.ClH/c1-2-8(15)6-4-3-5-7(9(6)11)10(12,13)14;/h3-5,8H,2,15H2,1H3;1H/t8-;/m1./s1.